The van der Waals surface area contributed by atoms with E-state index in [1.165, 1.54) is 24.3 Å². The summed E-state index contributed by atoms with van der Waals surface area (Å²) in [7, 11) is 0. The SMILES string of the molecule is Cc1ccc(C)c2c1Oc1cccc(c1)[C@H](n1cc(CCN3CC(F)C3)c(C(F)(F)F)cc1=O)C(=O)N[C@@H](CC(=O)O)c1cc-2cc(C(F)(F)F)c1F. The Balaban J connectivity index is 1.60. The molecule has 16 heteroatoms. The highest BCUT2D eigenvalue weighted by atomic mass is 19.4. The summed E-state index contributed by atoms with van der Waals surface area (Å²) in [5.41, 5.74) is -4.90. The third kappa shape index (κ3) is 7.63. The van der Waals surface area contributed by atoms with Gasteiger partial charge < -0.3 is 15.2 Å². The van der Waals surface area contributed by atoms with E-state index in [1.54, 1.807) is 30.9 Å². The van der Waals surface area contributed by atoms with Crippen LogP contribution in [0.4, 0.5) is 35.1 Å². The second kappa shape index (κ2) is 14.0. The smallest absolute Gasteiger partial charge is 0.419 e. The van der Waals surface area contributed by atoms with Gasteiger partial charge in [-0.3, -0.25) is 23.9 Å². The van der Waals surface area contributed by atoms with Crippen molar-refractivity contribution in [2.75, 3.05) is 19.6 Å². The predicted octanol–water partition coefficient (Wildman–Crippen LogP) is 7.53. The number of carboxylic acids is 1. The molecule has 0 radical (unpaired) electrons. The number of hydrogen-bond acceptors (Lipinski definition) is 5. The number of hydrogen-bond donors (Lipinski definition) is 2. The maximum atomic E-state index is 16.0. The van der Waals surface area contributed by atoms with Gasteiger partial charge in [0.2, 0.25) is 5.91 Å². The molecular formula is C37H31F8N3O5. The second-order valence-electron chi connectivity index (χ2n) is 13.1. The van der Waals surface area contributed by atoms with Crippen LogP contribution in [0.5, 0.6) is 11.5 Å². The number of nitrogens with zero attached hydrogens (tertiary/aromatic N) is 2. The number of rotatable bonds is 6. The molecule has 2 atom stereocenters. The van der Waals surface area contributed by atoms with Crippen LogP contribution in [-0.2, 0) is 28.4 Å². The number of likely N-dealkylation sites (tertiary alicyclic amines) is 1. The lowest BCUT2D eigenvalue weighted by Gasteiger charge is -2.34. The summed E-state index contributed by atoms with van der Waals surface area (Å²) in [4.78, 5) is 41.5. The number of aryl methyl sites for hydroxylation is 2. The highest BCUT2D eigenvalue weighted by Crippen LogP contribution is 2.44. The van der Waals surface area contributed by atoms with Crippen LogP contribution in [0.3, 0.4) is 0 Å². The Bertz CT molecular complexity index is 2160. The molecular weight excluding hydrogens is 718 g/mol. The van der Waals surface area contributed by atoms with Gasteiger partial charge in [-0.1, -0.05) is 24.3 Å². The number of nitrogens with one attached hydrogen (secondary N) is 1. The number of aliphatic carboxylic acids is 1. The van der Waals surface area contributed by atoms with Crippen molar-refractivity contribution in [3.8, 4) is 22.6 Å². The predicted molar refractivity (Wildman–Crippen MR) is 175 cm³/mol. The summed E-state index contributed by atoms with van der Waals surface area (Å²) in [6.07, 6.45) is -12.0. The number of alkyl halides is 7. The van der Waals surface area contributed by atoms with Crippen molar-refractivity contribution in [3.63, 3.8) is 0 Å². The van der Waals surface area contributed by atoms with Crippen LogP contribution in [0.15, 0.2) is 65.6 Å². The van der Waals surface area contributed by atoms with Crippen LogP contribution < -0.4 is 15.6 Å². The fourth-order valence-corrected chi connectivity index (χ4v) is 6.72. The Morgan fingerprint density at radius 1 is 0.943 bits per heavy atom. The first kappa shape index (κ1) is 37.5. The van der Waals surface area contributed by atoms with Crippen molar-refractivity contribution >= 4 is 11.9 Å². The van der Waals surface area contributed by atoms with Gasteiger partial charge in [-0.15, -0.1) is 0 Å². The van der Waals surface area contributed by atoms with Gasteiger partial charge in [0.05, 0.1) is 23.6 Å². The van der Waals surface area contributed by atoms with E-state index < -0.39 is 82.5 Å². The summed E-state index contributed by atoms with van der Waals surface area (Å²) in [5, 5.41) is 12.1. The molecule has 1 aromatic heterocycles. The molecule has 2 aliphatic heterocycles. The first-order valence-corrected chi connectivity index (χ1v) is 16.3. The topological polar surface area (TPSA) is 101 Å². The van der Waals surface area contributed by atoms with Crippen molar-refractivity contribution in [1.82, 2.24) is 14.8 Å². The lowest BCUT2D eigenvalue weighted by Crippen LogP contribution is -2.49. The van der Waals surface area contributed by atoms with Crippen molar-refractivity contribution in [3.05, 3.63) is 116 Å². The molecule has 4 aromatic rings. The molecule has 53 heavy (non-hydrogen) atoms. The summed E-state index contributed by atoms with van der Waals surface area (Å²) < 4.78 is 122. The van der Waals surface area contributed by atoms with Crippen LogP contribution in [-0.4, -0.2) is 52.3 Å². The molecule has 280 valence electrons. The van der Waals surface area contributed by atoms with Crippen molar-refractivity contribution in [2.24, 2.45) is 0 Å². The number of halogens is 8. The number of carboxylic acid groups (broad SMARTS) is 1. The average molecular weight is 750 g/mol. The van der Waals surface area contributed by atoms with Crippen LogP contribution in [0, 0.1) is 19.7 Å². The molecule has 0 saturated carbocycles. The maximum absolute atomic E-state index is 16.0. The first-order valence-electron chi connectivity index (χ1n) is 16.3. The fourth-order valence-electron chi connectivity index (χ4n) is 6.72. The summed E-state index contributed by atoms with van der Waals surface area (Å²) in [6, 6.07) is 6.75. The molecule has 0 unspecified atom stereocenters. The number of amides is 1. The van der Waals surface area contributed by atoms with Gasteiger partial charge >= 0.3 is 18.3 Å². The van der Waals surface area contributed by atoms with Gasteiger partial charge in [0.1, 0.15) is 29.5 Å². The molecule has 1 amide bonds. The molecule has 6 rings (SSSR count). The molecule has 3 heterocycles. The van der Waals surface area contributed by atoms with Gasteiger partial charge in [-0.25, -0.2) is 8.78 Å². The van der Waals surface area contributed by atoms with E-state index in [1.807, 2.05) is 0 Å². The van der Waals surface area contributed by atoms with E-state index in [9.17, 15) is 50.2 Å². The number of carbonyl (C=O) groups excluding carboxylic acids is 1. The maximum Gasteiger partial charge on any atom is 0.419 e. The minimum Gasteiger partial charge on any atom is -0.481 e. The van der Waals surface area contributed by atoms with E-state index in [0.29, 0.717) is 27.8 Å². The third-order valence-corrected chi connectivity index (χ3v) is 9.33. The van der Waals surface area contributed by atoms with E-state index in [-0.39, 0.29) is 54.2 Å². The van der Waals surface area contributed by atoms with Crippen LogP contribution in [0.2, 0.25) is 0 Å². The number of ether oxygens (including phenoxy) is 1. The van der Waals surface area contributed by atoms with Crippen LogP contribution in [0.1, 0.15) is 57.4 Å². The highest BCUT2D eigenvalue weighted by molar-refractivity contribution is 5.85. The van der Waals surface area contributed by atoms with Crippen molar-refractivity contribution in [2.45, 2.75) is 57.3 Å². The highest BCUT2D eigenvalue weighted by Gasteiger charge is 2.40. The van der Waals surface area contributed by atoms with Crippen LogP contribution in [0.25, 0.3) is 11.1 Å². The number of pyridine rings is 1. The van der Waals surface area contributed by atoms with Gasteiger partial charge in [-0.05, 0) is 72.4 Å². The Hall–Kier alpha value is -5.25. The summed E-state index contributed by atoms with van der Waals surface area (Å²) in [5.74, 6) is -4.67. The molecule has 2 aliphatic rings. The number of aromatic nitrogens is 1. The van der Waals surface area contributed by atoms with E-state index >= 15 is 4.39 Å². The molecule has 2 N–H and O–H groups in total. The fraction of sp³-hybridized carbons (Fsp3) is 0.324. The Morgan fingerprint density at radius 2 is 1.62 bits per heavy atom. The molecule has 8 nitrogen and oxygen atoms in total. The summed E-state index contributed by atoms with van der Waals surface area (Å²) >= 11 is 0. The summed E-state index contributed by atoms with van der Waals surface area (Å²) in [6.45, 7) is 3.16. The normalized spacial score (nSPS) is 18.1. The van der Waals surface area contributed by atoms with Gasteiger partial charge in [0.25, 0.3) is 5.56 Å². The zero-order chi connectivity index (χ0) is 38.6. The minimum atomic E-state index is -5.28. The number of fused-ring (bicyclic) bond motifs is 6. The molecule has 3 aromatic carbocycles. The molecule has 1 saturated heterocycles. The zero-order valence-electron chi connectivity index (χ0n) is 28.0. The Morgan fingerprint density at radius 3 is 2.26 bits per heavy atom. The standard InChI is InChI=1S/C37H31F8N3O5/c1-18-6-7-19(2)34-31(18)22-11-25(32(39)27(12-22)37(43,44)45)28(14-30(50)51)46-35(52)33(20-4-3-5-24(10-20)53-34)48-15-21(8-9-47-16-23(38)17-47)26(13-29(48)49)36(40,41)42/h3-7,10-13,15,23,28,33H,8-9,14,16-17H2,1-2H3,(H,46,52)(H,50,51)/t28-,33-/m0/s1. The zero-order valence-corrected chi connectivity index (χ0v) is 28.0. The Kier molecular flexibility index (Phi) is 9.87. The monoisotopic (exact) mass is 749 g/mol. The largest absolute Gasteiger partial charge is 0.481 e. The molecule has 1 fully saturated rings. The van der Waals surface area contributed by atoms with E-state index in [4.69, 9.17) is 4.74 Å². The minimum absolute atomic E-state index is 0.000278. The van der Waals surface area contributed by atoms with Gasteiger partial charge in [0.15, 0.2) is 0 Å². The molecule has 0 aliphatic carbocycles. The average Bonchev–Trinajstić information content (AvgIpc) is 3.04. The number of benzene rings is 3. The van der Waals surface area contributed by atoms with Gasteiger partial charge in [-0.2, -0.15) is 26.3 Å². The molecule has 0 spiro atoms. The van der Waals surface area contributed by atoms with Crippen molar-refractivity contribution in [1.29, 1.82) is 0 Å². The first-order chi connectivity index (χ1) is 24.8. The van der Waals surface area contributed by atoms with E-state index in [2.05, 4.69) is 5.32 Å². The van der Waals surface area contributed by atoms with Crippen molar-refractivity contribution < 1.29 is 54.6 Å². The Labute approximate surface area is 296 Å². The third-order valence-electron chi connectivity index (χ3n) is 9.33. The van der Waals surface area contributed by atoms with Gasteiger partial charge in [0, 0.05) is 43.0 Å². The second-order valence-corrected chi connectivity index (χ2v) is 13.1. The van der Waals surface area contributed by atoms with Crippen LogP contribution >= 0.6 is 0 Å². The van der Waals surface area contributed by atoms with E-state index in [0.717, 1.165) is 12.3 Å². The number of carbonyl (C=O) groups is 2. The lowest BCUT2D eigenvalue weighted by atomic mass is 9.90. The lowest BCUT2D eigenvalue weighted by molar-refractivity contribution is -0.140. The quantitative estimate of drug-likeness (QED) is 0.198. The molecule has 4 bridgehead atoms.